The molecule has 18 heavy (non-hydrogen) atoms. The van der Waals surface area contributed by atoms with Crippen molar-refractivity contribution in [2.45, 2.75) is 33.0 Å². The lowest BCUT2D eigenvalue weighted by Gasteiger charge is -2.39. The number of aryl methyl sites for hydroxylation is 1. The summed E-state index contributed by atoms with van der Waals surface area (Å²) in [6, 6.07) is 0.584. The van der Waals surface area contributed by atoms with Gasteiger partial charge in [0.1, 0.15) is 5.82 Å². The van der Waals surface area contributed by atoms with Crippen LogP contribution in [0.15, 0.2) is 25.0 Å². The zero-order chi connectivity index (χ0) is 13.0. The van der Waals surface area contributed by atoms with Crippen LogP contribution in [-0.2, 0) is 13.1 Å². The molecule has 4 nitrogen and oxygen atoms in total. The summed E-state index contributed by atoms with van der Waals surface area (Å²) in [5.41, 5.74) is 0. The summed E-state index contributed by atoms with van der Waals surface area (Å²) in [7, 11) is 0. The quantitative estimate of drug-likeness (QED) is 0.740. The molecule has 100 valence electrons. The molecule has 0 amide bonds. The smallest absolute Gasteiger partial charge is 0.122 e. The summed E-state index contributed by atoms with van der Waals surface area (Å²) >= 11 is 0. The van der Waals surface area contributed by atoms with Gasteiger partial charge in [-0.1, -0.05) is 6.08 Å². The molecule has 0 N–H and O–H groups in total. The molecule has 0 unspecified atom stereocenters. The minimum Gasteiger partial charge on any atom is -0.334 e. The van der Waals surface area contributed by atoms with E-state index in [0.717, 1.165) is 39.3 Å². The van der Waals surface area contributed by atoms with Gasteiger partial charge in [0.05, 0.1) is 6.54 Å². The third-order valence-corrected chi connectivity index (χ3v) is 3.72. The molecule has 1 aromatic rings. The summed E-state index contributed by atoms with van der Waals surface area (Å²) in [6.45, 7) is 14.6. The van der Waals surface area contributed by atoms with Crippen molar-refractivity contribution in [1.82, 2.24) is 19.4 Å². The summed E-state index contributed by atoms with van der Waals surface area (Å²) < 4.78 is 2.23. The number of aromatic nitrogens is 2. The number of piperazine rings is 1. The fourth-order valence-corrected chi connectivity index (χ4v) is 2.62. The van der Waals surface area contributed by atoms with E-state index in [4.69, 9.17) is 0 Å². The highest BCUT2D eigenvalue weighted by Gasteiger charge is 2.23. The first kappa shape index (κ1) is 13.3. The van der Waals surface area contributed by atoms with Crippen LogP contribution in [0.25, 0.3) is 0 Å². The Morgan fingerprint density at radius 3 is 3.00 bits per heavy atom. The second kappa shape index (κ2) is 6.16. The normalized spacial score (nSPS) is 22.2. The van der Waals surface area contributed by atoms with Gasteiger partial charge in [0.25, 0.3) is 0 Å². The predicted octanol–water partition coefficient (Wildman–Crippen LogP) is 1.60. The molecule has 4 heteroatoms. The first-order valence-electron chi connectivity index (χ1n) is 6.82. The van der Waals surface area contributed by atoms with Gasteiger partial charge in [-0.2, -0.15) is 0 Å². The first-order valence-corrected chi connectivity index (χ1v) is 6.82. The van der Waals surface area contributed by atoms with Crippen molar-refractivity contribution < 1.29 is 0 Å². The van der Waals surface area contributed by atoms with Gasteiger partial charge in [0.2, 0.25) is 0 Å². The molecule has 2 rings (SSSR count). The van der Waals surface area contributed by atoms with E-state index in [-0.39, 0.29) is 0 Å². The van der Waals surface area contributed by atoms with Crippen molar-refractivity contribution in [3.05, 3.63) is 30.9 Å². The number of hydrogen-bond donors (Lipinski definition) is 0. The molecule has 0 saturated carbocycles. The highest BCUT2D eigenvalue weighted by molar-refractivity contribution is 4.94. The summed E-state index contributed by atoms with van der Waals surface area (Å²) in [4.78, 5) is 9.44. The third kappa shape index (κ3) is 3.00. The van der Waals surface area contributed by atoms with Gasteiger partial charge in [-0.25, -0.2) is 4.98 Å². The van der Waals surface area contributed by atoms with Crippen molar-refractivity contribution >= 4 is 0 Å². The van der Waals surface area contributed by atoms with Crippen LogP contribution < -0.4 is 0 Å². The Hall–Kier alpha value is -1.13. The van der Waals surface area contributed by atoms with Crippen molar-refractivity contribution in [2.24, 2.45) is 0 Å². The minimum atomic E-state index is 0.584. The fourth-order valence-electron chi connectivity index (χ4n) is 2.62. The van der Waals surface area contributed by atoms with Gasteiger partial charge in [-0.15, -0.1) is 6.58 Å². The Morgan fingerprint density at radius 1 is 1.50 bits per heavy atom. The maximum Gasteiger partial charge on any atom is 0.122 e. The van der Waals surface area contributed by atoms with E-state index in [0.29, 0.717) is 6.04 Å². The van der Waals surface area contributed by atoms with Crippen molar-refractivity contribution in [1.29, 1.82) is 0 Å². The molecule has 0 aliphatic carbocycles. The Labute approximate surface area is 110 Å². The molecular weight excluding hydrogens is 224 g/mol. The number of nitrogens with zero attached hydrogens (tertiary/aromatic N) is 4. The molecule has 0 radical (unpaired) electrons. The largest absolute Gasteiger partial charge is 0.334 e. The second-order valence-electron chi connectivity index (χ2n) is 5.00. The molecule has 1 fully saturated rings. The minimum absolute atomic E-state index is 0.584. The lowest BCUT2D eigenvalue weighted by molar-refractivity contribution is 0.0820. The van der Waals surface area contributed by atoms with E-state index < -0.39 is 0 Å². The van der Waals surface area contributed by atoms with Crippen LogP contribution in [0.4, 0.5) is 0 Å². The van der Waals surface area contributed by atoms with Gasteiger partial charge in [0, 0.05) is 51.2 Å². The lowest BCUT2D eigenvalue weighted by atomic mass is 10.2. The van der Waals surface area contributed by atoms with Crippen molar-refractivity contribution in [3.8, 4) is 0 Å². The maximum absolute atomic E-state index is 4.46. The predicted molar refractivity (Wildman–Crippen MR) is 74.4 cm³/mol. The monoisotopic (exact) mass is 248 g/mol. The molecule has 0 spiro atoms. The molecule has 0 aromatic carbocycles. The lowest BCUT2D eigenvalue weighted by Crippen LogP contribution is -2.51. The van der Waals surface area contributed by atoms with Gasteiger partial charge < -0.3 is 4.57 Å². The van der Waals surface area contributed by atoms with E-state index in [2.05, 4.69) is 46.0 Å². The van der Waals surface area contributed by atoms with Crippen molar-refractivity contribution in [2.75, 3.05) is 26.2 Å². The molecule has 1 aliphatic heterocycles. The Bertz CT molecular complexity index is 385. The number of rotatable bonds is 5. The van der Waals surface area contributed by atoms with Crippen LogP contribution in [0.3, 0.4) is 0 Å². The molecule has 1 aliphatic rings. The maximum atomic E-state index is 4.46. The number of imidazole rings is 1. The molecule has 2 heterocycles. The van der Waals surface area contributed by atoms with Crippen LogP contribution in [0.1, 0.15) is 19.7 Å². The van der Waals surface area contributed by atoms with Crippen LogP contribution in [0.2, 0.25) is 0 Å². The standard InChI is InChI=1S/C14H24N4/c1-4-7-16-9-10-18(13(3)11-16)12-14-15-6-8-17(14)5-2/h4,6,8,13H,1,5,7,9-12H2,2-3H3/t13-/m1/s1. The molecule has 1 aromatic heterocycles. The molecule has 0 bridgehead atoms. The van der Waals surface area contributed by atoms with Crippen LogP contribution >= 0.6 is 0 Å². The number of hydrogen-bond acceptors (Lipinski definition) is 3. The third-order valence-electron chi connectivity index (χ3n) is 3.72. The second-order valence-corrected chi connectivity index (χ2v) is 5.00. The summed E-state index contributed by atoms with van der Waals surface area (Å²) in [5, 5.41) is 0. The van der Waals surface area contributed by atoms with E-state index in [9.17, 15) is 0 Å². The van der Waals surface area contributed by atoms with Crippen molar-refractivity contribution in [3.63, 3.8) is 0 Å². The average molecular weight is 248 g/mol. The molecular formula is C14H24N4. The zero-order valence-electron chi connectivity index (χ0n) is 11.5. The molecule has 1 atom stereocenters. The fraction of sp³-hybridized carbons (Fsp3) is 0.643. The van der Waals surface area contributed by atoms with Crippen LogP contribution in [-0.4, -0.2) is 51.6 Å². The highest BCUT2D eigenvalue weighted by atomic mass is 15.3. The van der Waals surface area contributed by atoms with E-state index in [1.165, 1.54) is 5.82 Å². The Balaban J connectivity index is 1.93. The first-order chi connectivity index (χ1) is 8.74. The van der Waals surface area contributed by atoms with Crippen LogP contribution in [0, 0.1) is 0 Å². The van der Waals surface area contributed by atoms with Gasteiger partial charge in [-0.05, 0) is 13.8 Å². The summed E-state index contributed by atoms with van der Waals surface area (Å²) in [5.74, 6) is 1.18. The highest BCUT2D eigenvalue weighted by Crippen LogP contribution is 2.13. The van der Waals surface area contributed by atoms with E-state index in [1.54, 1.807) is 0 Å². The molecule has 1 saturated heterocycles. The SMILES string of the molecule is C=CCN1CCN(Cc2nccn2CC)[C@H](C)C1. The van der Waals surface area contributed by atoms with Gasteiger partial charge in [-0.3, -0.25) is 9.80 Å². The van der Waals surface area contributed by atoms with Gasteiger partial charge >= 0.3 is 0 Å². The Kier molecular flexibility index (Phi) is 4.55. The Morgan fingerprint density at radius 2 is 2.33 bits per heavy atom. The van der Waals surface area contributed by atoms with Crippen LogP contribution in [0.5, 0.6) is 0 Å². The van der Waals surface area contributed by atoms with Gasteiger partial charge in [0.15, 0.2) is 0 Å². The average Bonchev–Trinajstić information content (AvgIpc) is 2.80. The summed E-state index contributed by atoms with van der Waals surface area (Å²) in [6.07, 6.45) is 5.96. The van der Waals surface area contributed by atoms with E-state index in [1.807, 2.05) is 12.3 Å². The van der Waals surface area contributed by atoms with E-state index >= 15 is 0 Å². The topological polar surface area (TPSA) is 24.3 Å². The zero-order valence-corrected chi connectivity index (χ0v) is 11.5.